The van der Waals surface area contributed by atoms with Gasteiger partial charge in [0.2, 0.25) is 0 Å². The van der Waals surface area contributed by atoms with Crippen LogP contribution < -0.4 is 24.8 Å². The molecule has 0 aromatic rings. The number of hydrogen-bond donors (Lipinski definition) is 0. The first-order valence-electron chi connectivity index (χ1n) is 4.29. The van der Waals surface area contributed by atoms with Crippen molar-refractivity contribution in [2.24, 2.45) is 0 Å². The molecule has 0 nitrogen and oxygen atoms in total. The summed E-state index contributed by atoms with van der Waals surface area (Å²) in [5.74, 6) is 0. The molecule has 0 saturated carbocycles. The average Bonchev–Trinajstić information content (AvgIpc) is 2.77. The molecule has 0 radical (unpaired) electrons. The zero-order valence-electron chi connectivity index (χ0n) is 7.84. The third kappa shape index (κ3) is 3.33. The van der Waals surface area contributed by atoms with Gasteiger partial charge in [-0.05, 0) is 0 Å². The van der Waals surface area contributed by atoms with Crippen LogP contribution in [0.25, 0.3) is 0 Å². The van der Waals surface area contributed by atoms with E-state index >= 15 is 0 Å². The van der Waals surface area contributed by atoms with Crippen molar-refractivity contribution in [3.8, 4) is 0 Å². The minimum atomic E-state index is -1.41. The molecule has 0 aromatic carbocycles. The molecule has 2 aliphatic carbocycles. The summed E-state index contributed by atoms with van der Waals surface area (Å²) >= 11 is -1.41. The number of halogens is 2. The Morgan fingerprint density at radius 3 is 1.64 bits per heavy atom. The van der Waals surface area contributed by atoms with Crippen LogP contribution in [-0.2, 0) is 20.1 Å². The molecule has 0 atom stereocenters. The van der Waals surface area contributed by atoms with Crippen molar-refractivity contribution in [3.63, 3.8) is 0 Å². The molecule has 0 unspecified atom stereocenters. The molecule has 74 valence electrons. The van der Waals surface area contributed by atoms with E-state index in [2.05, 4.69) is 43.4 Å². The molecule has 0 aromatic heterocycles. The quantitative estimate of drug-likeness (QED) is 0.406. The SMILES string of the molecule is [Cl-].[Cl-].[SiH2]=[Hf+2]([C]1=CC=CC1)[C]1=CC=CC1. The van der Waals surface area contributed by atoms with Crippen LogP contribution in [0.1, 0.15) is 12.8 Å². The van der Waals surface area contributed by atoms with Crippen molar-refractivity contribution in [3.05, 3.63) is 43.1 Å². The zero-order chi connectivity index (χ0) is 8.39. The van der Waals surface area contributed by atoms with E-state index in [0.717, 1.165) is 0 Å². The zero-order valence-corrected chi connectivity index (χ0v) is 14.4. The van der Waals surface area contributed by atoms with Crippen LogP contribution in [0.3, 0.4) is 0 Å². The van der Waals surface area contributed by atoms with Gasteiger partial charge in [-0.1, -0.05) is 0 Å². The van der Waals surface area contributed by atoms with E-state index in [1.54, 1.807) is 6.66 Å². The van der Waals surface area contributed by atoms with E-state index in [1.165, 1.54) is 12.8 Å². The second-order valence-electron chi connectivity index (χ2n) is 3.13. The minimum absolute atomic E-state index is 0. The van der Waals surface area contributed by atoms with Crippen molar-refractivity contribution in [1.82, 2.24) is 0 Å². The van der Waals surface area contributed by atoms with Gasteiger partial charge in [0.25, 0.3) is 0 Å². The first-order chi connectivity index (χ1) is 5.88. The fraction of sp³-hybridized carbons (Fsp3) is 0.200. The fourth-order valence-corrected chi connectivity index (χ4v) is 12.1. The Morgan fingerprint density at radius 2 is 1.36 bits per heavy atom. The number of hydrogen-bond acceptors (Lipinski definition) is 0. The molecule has 0 N–H and O–H groups in total. The van der Waals surface area contributed by atoms with Gasteiger partial charge in [0.15, 0.2) is 0 Å². The van der Waals surface area contributed by atoms with Crippen LogP contribution >= 0.6 is 0 Å². The topological polar surface area (TPSA) is 0 Å². The average molecular weight is 410 g/mol. The summed E-state index contributed by atoms with van der Waals surface area (Å²) in [4.78, 5) is 0. The summed E-state index contributed by atoms with van der Waals surface area (Å²) in [5, 5.41) is 0. The van der Waals surface area contributed by atoms with Crippen LogP contribution in [0.4, 0.5) is 0 Å². The molecule has 0 spiro atoms. The molecule has 2 rings (SSSR count). The Morgan fingerprint density at radius 1 is 0.929 bits per heavy atom. The fourth-order valence-electron chi connectivity index (χ4n) is 1.55. The van der Waals surface area contributed by atoms with Gasteiger partial charge in [-0.3, -0.25) is 0 Å². The Kier molecular flexibility index (Phi) is 7.31. The molecule has 0 bridgehead atoms. The Bertz CT molecular complexity index is 308. The standard InChI is InChI=1S/2C5H5.2ClH.Hf.H2Si/c2*1-2-4-5-3-1;;;;/h2*1-3H,4H2;2*1H;;1H2/q;;;;+2;/p-2. The van der Waals surface area contributed by atoms with E-state index in [9.17, 15) is 0 Å². The van der Waals surface area contributed by atoms with Crippen molar-refractivity contribution in [2.75, 3.05) is 0 Å². The van der Waals surface area contributed by atoms with E-state index in [-0.39, 0.29) is 24.8 Å². The third-order valence-electron chi connectivity index (χ3n) is 2.32. The monoisotopic (exact) mass is 410 g/mol. The van der Waals surface area contributed by atoms with Gasteiger partial charge >= 0.3 is 83.0 Å². The van der Waals surface area contributed by atoms with Gasteiger partial charge in [-0.15, -0.1) is 0 Å². The first-order valence-corrected chi connectivity index (χ1v) is 16.2. The van der Waals surface area contributed by atoms with Crippen molar-refractivity contribution >= 4 is 6.94 Å². The second-order valence-corrected chi connectivity index (χ2v) is 17.0. The normalized spacial score (nSPS) is 16.2. The maximum atomic E-state index is 2.36. The molecule has 0 heterocycles. The van der Waals surface area contributed by atoms with Crippen molar-refractivity contribution in [1.29, 1.82) is 0 Å². The summed E-state index contributed by atoms with van der Waals surface area (Å²) < 4.78 is 3.57. The van der Waals surface area contributed by atoms with Gasteiger partial charge < -0.3 is 24.8 Å². The van der Waals surface area contributed by atoms with E-state index in [1.807, 2.05) is 0 Å². The van der Waals surface area contributed by atoms with Crippen LogP contribution in [0.15, 0.2) is 43.1 Å². The summed E-state index contributed by atoms with van der Waals surface area (Å²) in [5.41, 5.74) is 0. The second kappa shape index (κ2) is 6.99. The summed E-state index contributed by atoms with van der Waals surface area (Å²) in [6.07, 6.45) is 16.2. The molecule has 0 fully saturated rings. The maximum absolute atomic E-state index is 2.36. The van der Waals surface area contributed by atoms with Crippen LogP contribution in [0.5, 0.6) is 0 Å². The number of rotatable bonds is 2. The third-order valence-corrected chi connectivity index (χ3v) is 18.0. The Labute approximate surface area is 107 Å². The summed E-state index contributed by atoms with van der Waals surface area (Å²) in [7, 11) is 0. The number of allylic oxidation sites excluding steroid dienone is 8. The van der Waals surface area contributed by atoms with Crippen LogP contribution in [-0.4, -0.2) is 6.94 Å². The van der Waals surface area contributed by atoms with Crippen LogP contribution in [0, 0.1) is 0 Å². The van der Waals surface area contributed by atoms with Gasteiger partial charge in [0.1, 0.15) is 0 Å². The Balaban J connectivity index is 0.000000845. The molecule has 0 saturated heterocycles. The molecule has 4 heteroatoms. The Hall–Kier alpha value is 0.627. The van der Waals surface area contributed by atoms with E-state index in [0.29, 0.717) is 0 Å². The van der Waals surface area contributed by atoms with E-state index < -0.39 is 20.1 Å². The van der Waals surface area contributed by atoms with Crippen molar-refractivity contribution in [2.45, 2.75) is 12.8 Å². The van der Waals surface area contributed by atoms with Gasteiger partial charge in [0.05, 0.1) is 0 Å². The van der Waals surface area contributed by atoms with E-state index in [4.69, 9.17) is 0 Å². The molecule has 0 aliphatic heterocycles. The molecular weight excluding hydrogens is 398 g/mol. The predicted molar refractivity (Wildman–Crippen MR) is 52.2 cm³/mol. The molecule has 2 aliphatic rings. The van der Waals surface area contributed by atoms with Gasteiger partial charge in [0, 0.05) is 0 Å². The predicted octanol–water partition coefficient (Wildman–Crippen LogP) is -4.15. The first kappa shape index (κ1) is 14.6. The van der Waals surface area contributed by atoms with Crippen LogP contribution in [0.2, 0.25) is 0 Å². The molecule has 14 heavy (non-hydrogen) atoms. The molecular formula is C10H12Cl2HfSi. The summed E-state index contributed by atoms with van der Waals surface area (Å²) in [6, 6.07) is 0. The summed E-state index contributed by atoms with van der Waals surface area (Å²) in [6.45, 7) is 2.31. The van der Waals surface area contributed by atoms with Crippen molar-refractivity contribution < 1.29 is 44.9 Å². The van der Waals surface area contributed by atoms with Gasteiger partial charge in [-0.25, -0.2) is 0 Å². The molecule has 0 amide bonds. The van der Waals surface area contributed by atoms with Gasteiger partial charge in [-0.2, -0.15) is 0 Å².